The minimum Gasteiger partial charge on any atom is -0.508 e. The first-order valence-corrected chi connectivity index (χ1v) is 25.0. The lowest BCUT2D eigenvalue weighted by atomic mass is 9.95. The molecule has 1 aromatic rings. The molecule has 2 rings (SSSR count). The second-order valence-electron chi connectivity index (χ2n) is 18.5. The molecule has 1 heterocycles. The third kappa shape index (κ3) is 23.4. The zero-order valence-electron chi connectivity index (χ0n) is 42.6. The quantitative estimate of drug-likeness (QED) is 0.0428. The van der Waals surface area contributed by atoms with E-state index < -0.39 is 183 Å². The third-order valence-electron chi connectivity index (χ3n) is 12.2. The Morgan fingerprint density at radius 2 is 1.03 bits per heavy atom. The van der Waals surface area contributed by atoms with Gasteiger partial charge < -0.3 is 101 Å². The molecule has 0 aliphatic carbocycles. The molecule has 0 spiro atoms. The number of aromatic hydroxyl groups is 1. The minimum absolute atomic E-state index is 0.00936. The summed E-state index contributed by atoms with van der Waals surface area (Å²) in [5.74, 6) is -15.5. The zero-order chi connectivity index (χ0) is 57.9. The Morgan fingerprint density at radius 3 is 1.56 bits per heavy atom. The van der Waals surface area contributed by atoms with Gasteiger partial charge in [-0.15, -0.1) is 0 Å². The normalized spacial score (nSPS) is 24.0. The molecule has 1 aliphatic rings. The van der Waals surface area contributed by atoms with Gasteiger partial charge in [0.15, 0.2) is 6.10 Å². The van der Waals surface area contributed by atoms with Crippen molar-refractivity contribution >= 4 is 65.0 Å². The number of nitrogens with two attached hydrogens (primary N) is 3. The van der Waals surface area contributed by atoms with Gasteiger partial charge in [-0.25, -0.2) is 0 Å². The average Bonchev–Trinajstić information content (AvgIpc) is 3.37. The van der Waals surface area contributed by atoms with Crippen LogP contribution in [0.1, 0.15) is 108 Å². The van der Waals surface area contributed by atoms with Crippen LogP contribution in [-0.4, -0.2) is 192 Å². The Balaban J connectivity index is 2.68. The second kappa shape index (κ2) is 33.8. The van der Waals surface area contributed by atoms with Crippen LogP contribution in [0.25, 0.3) is 0 Å². The maximum absolute atomic E-state index is 14.0. The molecular weight excluding hydrogens is 1020 g/mol. The van der Waals surface area contributed by atoms with Crippen molar-refractivity contribution in [1.82, 2.24) is 42.5 Å². The lowest BCUT2D eigenvalue weighted by Crippen LogP contribution is -2.63. The summed E-state index contributed by atoms with van der Waals surface area (Å²) < 4.78 is 0. The number of aliphatic hydroxyl groups excluding tert-OH is 7. The van der Waals surface area contributed by atoms with Crippen molar-refractivity contribution < 1.29 is 93.6 Å². The number of primary amides is 3. The first kappa shape index (κ1) is 66.0. The Kier molecular flexibility index (Phi) is 29.0. The van der Waals surface area contributed by atoms with E-state index in [1.807, 2.05) is 21.3 Å². The number of phenols is 1. The minimum atomic E-state index is -2.62. The number of hydrogen-bond donors (Lipinski definition) is 19. The molecule has 12 atom stereocenters. The first-order valence-electron chi connectivity index (χ1n) is 25.0. The molecule has 11 amide bonds. The lowest BCUT2D eigenvalue weighted by Gasteiger charge is -2.30. The Morgan fingerprint density at radius 1 is 0.558 bits per heavy atom. The van der Waals surface area contributed by atoms with Crippen molar-refractivity contribution in [3.63, 3.8) is 0 Å². The number of aliphatic hydroxyl groups is 7. The highest BCUT2D eigenvalue weighted by atomic mass is 16.4. The fourth-order valence-corrected chi connectivity index (χ4v) is 7.87. The summed E-state index contributed by atoms with van der Waals surface area (Å²) in [6.07, 6.45) is -5.59. The standard InChI is InChI=1S/C47H75N11O19/c1-2-3-4-5-6-7-8-9-10-11-30(62)39(69)31(63)16-24-17-34(66)54-28(21-59)44(74)57-36(38(68)23-12-14-25(61)15-13-23)47(77)55-26(18-32(48)64)42(72)51-20-35(67)53-27(19-33(49)65)43(73)56-29(22-60)45(75)58-37(46(76)52-24)40(70)41(50)71/h12-15,24,26-31,36-40,59-63,68-70H,2-11,16-22H2,1H3,(H2,48,64)(H2,49,65)(H2,50,71)(H,51,72)(H,52,76)(H,53,67)(H,54,66)(H,55,77)(H,56,73)(H,57,74)(H,58,75)/t24-,26+,27-,28-,29-,30-,31+,36+,37-,38+,39-,40-/m0/s1. The fraction of sp³-hybridized carbons (Fsp3) is 0.638. The number of hydrogen-bond acceptors (Lipinski definition) is 19. The number of carbonyl (C=O) groups excluding carboxylic acids is 11. The van der Waals surface area contributed by atoms with E-state index >= 15 is 0 Å². The molecule has 0 unspecified atom stereocenters. The van der Waals surface area contributed by atoms with E-state index in [-0.39, 0.29) is 17.7 Å². The summed E-state index contributed by atoms with van der Waals surface area (Å²) in [5, 5.41) is 102. The van der Waals surface area contributed by atoms with Gasteiger partial charge in [-0.3, -0.25) is 52.7 Å². The van der Waals surface area contributed by atoms with Gasteiger partial charge in [-0.05, 0) is 30.5 Å². The van der Waals surface area contributed by atoms with E-state index in [2.05, 4.69) is 28.2 Å². The van der Waals surface area contributed by atoms with E-state index in [1.54, 1.807) is 0 Å². The molecule has 0 bridgehead atoms. The van der Waals surface area contributed by atoms with E-state index in [9.17, 15) is 93.6 Å². The average molecular weight is 1100 g/mol. The van der Waals surface area contributed by atoms with Gasteiger partial charge in [0.25, 0.3) is 0 Å². The van der Waals surface area contributed by atoms with Gasteiger partial charge in [-0.1, -0.05) is 76.8 Å². The number of benzene rings is 1. The van der Waals surface area contributed by atoms with Crippen LogP contribution in [0.15, 0.2) is 24.3 Å². The molecule has 1 aliphatic heterocycles. The summed E-state index contributed by atoms with van der Waals surface area (Å²) in [4.78, 5) is 145. The number of rotatable bonds is 24. The fourth-order valence-electron chi connectivity index (χ4n) is 7.87. The number of unbranched alkanes of at least 4 members (excludes halogenated alkanes) is 8. The molecule has 30 heteroatoms. The third-order valence-corrected chi connectivity index (χ3v) is 12.2. The van der Waals surface area contributed by atoms with Crippen LogP contribution in [0.2, 0.25) is 0 Å². The highest BCUT2D eigenvalue weighted by Crippen LogP contribution is 2.21. The monoisotopic (exact) mass is 1100 g/mol. The first-order chi connectivity index (χ1) is 36.3. The molecule has 1 aromatic carbocycles. The number of nitrogens with one attached hydrogen (secondary N) is 8. The molecule has 0 aromatic heterocycles. The summed E-state index contributed by atoms with van der Waals surface area (Å²) in [7, 11) is 0. The van der Waals surface area contributed by atoms with E-state index in [4.69, 9.17) is 17.2 Å². The van der Waals surface area contributed by atoms with Crippen LogP contribution in [0, 0.1) is 0 Å². The molecule has 22 N–H and O–H groups in total. The second-order valence-corrected chi connectivity index (χ2v) is 18.5. The SMILES string of the molecule is CCCCCCCCCCC[C@H](O)[C@H](O)[C@H](O)C[C@H]1CC(=O)N[C@@H](CO)C(=O)N[C@H]([C@H](O)c2ccc(O)cc2)C(=O)N[C@H](CC(N)=O)C(=O)NCC(=O)N[C@@H](CC(N)=O)C(=O)N[C@@H](CO)C(=O)N[C@@H]([C@H](O)C(N)=O)C(=O)N1. The molecule has 1 saturated heterocycles. The smallest absolute Gasteiger partial charge is 0.248 e. The molecular formula is C47H75N11O19. The molecule has 432 valence electrons. The van der Waals surface area contributed by atoms with Crippen molar-refractivity contribution in [2.45, 2.75) is 170 Å². The van der Waals surface area contributed by atoms with E-state index in [0.717, 1.165) is 69.2 Å². The van der Waals surface area contributed by atoms with Crippen LogP contribution in [0.4, 0.5) is 0 Å². The predicted octanol–water partition coefficient (Wildman–Crippen LogP) is -7.69. The number of carbonyl (C=O) groups is 11. The Labute approximate surface area is 442 Å². The van der Waals surface area contributed by atoms with Gasteiger partial charge in [0.2, 0.25) is 65.0 Å². The molecule has 0 saturated carbocycles. The molecule has 1 fully saturated rings. The van der Waals surface area contributed by atoms with Crippen LogP contribution >= 0.6 is 0 Å². The van der Waals surface area contributed by atoms with Gasteiger partial charge >= 0.3 is 0 Å². The van der Waals surface area contributed by atoms with Crippen molar-refractivity contribution in [2.75, 3.05) is 19.8 Å². The van der Waals surface area contributed by atoms with Gasteiger partial charge in [-0.2, -0.15) is 0 Å². The summed E-state index contributed by atoms with van der Waals surface area (Å²) in [6, 6.07) is -10.1. The molecule has 30 nitrogen and oxygen atoms in total. The molecule has 0 radical (unpaired) electrons. The van der Waals surface area contributed by atoms with Crippen LogP contribution in [0.3, 0.4) is 0 Å². The predicted molar refractivity (Wildman–Crippen MR) is 266 cm³/mol. The maximum atomic E-state index is 14.0. The summed E-state index contributed by atoms with van der Waals surface area (Å²) in [5.41, 5.74) is 15.7. The highest BCUT2D eigenvalue weighted by molar-refractivity contribution is 6.00. The maximum Gasteiger partial charge on any atom is 0.248 e. The van der Waals surface area contributed by atoms with Crippen LogP contribution in [0.5, 0.6) is 5.75 Å². The Bertz CT molecular complexity index is 2170. The topological polar surface area (TPSA) is 524 Å². The van der Waals surface area contributed by atoms with Crippen LogP contribution in [-0.2, 0) is 52.7 Å². The lowest BCUT2D eigenvalue weighted by molar-refractivity contribution is -0.140. The van der Waals surface area contributed by atoms with E-state index in [1.165, 1.54) is 0 Å². The number of amides is 11. The highest BCUT2D eigenvalue weighted by Gasteiger charge is 2.39. The Hall–Kier alpha value is -7.09. The van der Waals surface area contributed by atoms with Gasteiger partial charge in [0.05, 0.1) is 44.8 Å². The van der Waals surface area contributed by atoms with Crippen LogP contribution < -0.4 is 59.7 Å². The van der Waals surface area contributed by atoms with Crippen molar-refractivity contribution in [3.8, 4) is 5.75 Å². The zero-order valence-corrected chi connectivity index (χ0v) is 42.6. The molecule has 77 heavy (non-hydrogen) atoms. The summed E-state index contributed by atoms with van der Waals surface area (Å²) >= 11 is 0. The summed E-state index contributed by atoms with van der Waals surface area (Å²) in [6.45, 7) is -1.53. The van der Waals surface area contributed by atoms with Gasteiger partial charge in [0, 0.05) is 12.5 Å². The van der Waals surface area contributed by atoms with Crippen molar-refractivity contribution in [3.05, 3.63) is 29.8 Å². The largest absolute Gasteiger partial charge is 0.508 e. The van der Waals surface area contributed by atoms with Crippen molar-refractivity contribution in [2.24, 2.45) is 17.2 Å². The number of phenolic OH excluding ortho intramolecular Hbond substituents is 1. The van der Waals surface area contributed by atoms with Gasteiger partial charge in [0.1, 0.15) is 54.2 Å². The van der Waals surface area contributed by atoms with Crippen molar-refractivity contribution in [1.29, 1.82) is 0 Å². The van der Waals surface area contributed by atoms with E-state index in [0.29, 0.717) is 12.8 Å².